The molecule has 4 aromatic carbocycles. The summed E-state index contributed by atoms with van der Waals surface area (Å²) in [5.41, 5.74) is 0.133. The second-order valence-corrected chi connectivity index (χ2v) is 10.1. The van der Waals surface area contributed by atoms with Gasteiger partial charge in [0.25, 0.3) is 0 Å². The van der Waals surface area contributed by atoms with Crippen LogP contribution in [0.25, 0.3) is 0 Å². The van der Waals surface area contributed by atoms with Crippen LogP contribution in [0.5, 0.6) is 28.7 Å². The Kier molecular flexibility index (Phi) is 8.59. The molecule has 1 N–H and O–H groups in total. The minimum Gasteiger partial charge on any atom is -0.493 e. The van der Waals surface area contributed by atoms with Crippen LogP contribution >= 0.6 is 11.6 Å². The van der Waals surface area contributed by atoms with Gasteiger partial charge in [-0.1, -0.05) is 29.8 Å². The monoisotopic (exact) mass is 580 g/mol. The summed E-state index contributed by atoms with van der Waals surface area (Å²) < 4.78 is 49.8. The molecule has 0 amide bonds. The molecule has 0 bridgehead atoms. The third-order valence-electron chi connectivity index (χ3n) is 6.70. The molecule has 1 aliphatic rings. The van der Waals surface area contributed by atoms with Gasteiger partial charge in [-0.15, -0.1) is 0 Å². The van der Waals surface area contributed by atoms with Crippen molar-refractivity contribution in [1.29, 1.82) is 0 Å². The number of benzene rings is 4. The number of carbonyl (C=O) groups is 1. The van der Waals surface area contributed by atoms with Crippen molar-refractivity contribution in [3.8, 4) is 28.7 Å². The predicted molar refractivity (Wildman–Crippen MR) is 149 cm³/mol. The van der Waals surface area contributed by atoms with Gasteiger partial charge in [0.05, 0.1) is 18.2 Å². The van der Waals surface area contributed by atoms with Gasteiger partial charge in [-0.3, -0.25) is 0 Å². The second-order valence-electron chi connectivity index (χ2n) is 9.67. The Balaban J connectivity index is 1.13. The minimum atomic E-state index is -1.45. The van der Waals surface area contributed by atoms with E-state index in [2.05, 4.69) is 0 Å². The van der Waals surface area contributed by atoms with E-state index in [1.807, 2.05) is 12.1 Å². The van der Waals surface area contributed by atoms with Gasteiger partial charge in [-0.25, -0.2) is 13.6 Å². The van der Waals surface area contributed by atoms with Crippen molar-refractivity contribution in [2.45, 2.75) is 31.3 Å². The summed E-state index contributed by atoms with van der Waals surface area (Å²) >= 11 is 6.33. The van der Waals surface area contributed by atoms with E-state index < -0.39 is 11.6 Å². The van der Waals surface area contributed by atoms with Crippen molar-refractivity contribution in [3.05, 3.63) is 113 Å². The standard InChI is InChI=1S/C32H27ClF2O6/c33-28-18-27(40-25-10-7-24(35)8-11-25)12-13-29(28)39-17-1-16-38-26-9-4-22-14-15-32(31(36)37,41-30(22)19-26)20-21-2-5-23(34)6-3-21/h2-13,18-19H,1,14-17,20H2,(H,36,37). The summed E-state index contributed by atoms with van der Waals surface area (Å²) in [6.07, 6.45) is 1.51. The maximum absolute atomic E-state index is 13.3. The largest absolute Gasteiger partial charge is 0.493 e. The molecule has 1 aliphatic heterocycles. The van der Waals surface area contributed by atoms with Gasteiger partial charge in [-0.2, -0.15) is 0 Å². The van der Waals surface area contributed by atoms with Crippen LogP contribution in [-0.2, 0) is 17.6 Å². The third kappa shape index (κ3) is 7.08. The van der Waals surface area contributed by atoms with Crippen molar-refractivity contribution in [2.24, 2.45) is 0 Å². The summed E-state index contributed by atoms with van der Waals surface area (Å²) in [5.74, 6) is 0.697. The van der Waals surface area contributed by atoms with Crippen LogP contribution in [0, 0.1) is 11.6 Å². The fourth-order valence-electron chi connectivity index (χ4n) is 4.54. The molecule has 9 heteroatoms. The summed E-state index contributed by atoms with van der Waals surface area (Å²) in [6.45, 7) is 0.695. The molecule has 0 aliphatic carbocycles. The molecule has 1 atom stereocenters. The van der Waals surface area contributed by atoms with Gasteiger partial charge >= 0.3 is 5.97 Å². The van der Waals surface area contributed by atoms with Crippen molar-refractivity contribution < 1.29 is 37.6 Å². The van der Waals surface area contributed by atoms with Gasteiger partial charge in [0.1, 0.15) is 40.4 Å². The molecule has 4 aromatic rings. The minimum absolute atomic E-state index is 0.117. The number of aryl methyl sites for hydroxylation is 1. The maximum atomic E-state index is 13.3. The number of fused-ring (bicyclic) bond motifs is 1. The zero-order chi connectivity index (χ0) is 28.8. The number of aliphatic carboxylic acids is 1. The first-order valence-electron chi connectivity index (χ1n) is 13.1. The van der Waals surface area contributed by atoms with Crippen LogP contribution in [0.2, 0.25) is 5.02 Å². The first kappa shape index (κ1) is 28.2. The number of hydrogen-bond acceptors (Lipinski definition) is 5. The molecule has 1 heterocycles. The molecule has 41 heavy (non-hydrogen) atoms. The van der Waals surface area contributed by atoms with Crippen LogP contribution in [0.15, 0.2) is 84.9 Å². The summed E-state index contributed by atoms with van der Waals surface area (Å²) in [5, 5.41) is 10.4. The average molecular weight is 581 g/mol. The zero-order valence-corrected chi connectivity index (χ0v) is 22.7. The molecule has 0 saturated carbocycles. The fraction of sp³-hybridized carbons (Fsp3) is 0.219. The maximum Gasteiger partial charge on any atom is 0.348 e. The van der Waals surface area contributed by atoms with Crippen LogP contribution in [0.4, 0.5) is 8.78 Å². The lowest BCUT2D eigenvalue weighted by Crippen LogP contribution is -2.49. The number of hydrogen-bond donors (Lipinski definition) is 1. The number of carboxylic acid groups (broad SMARTS) is 1. The van der Waals surface area contributed by atoms with Crippen molar-refractivity contribution in [3.63, 3.8) is 0 Å². The van der Waals surface area contributed by atoms with Crippen LogP contribution in [0.3, 0.4) is 0 Å². The zero-order valence-electron chi connectivity index (χ0n) is 21.9. The van der Waals surface area contributed by atoms with E-state index in [1.165, 1.54) is 36.4 Å². The first-order valence-corrected chi connectivity index (χ1v) is 13.5. The Hall–Kier alpha value is -4.30. The SMILES string of the molecule is O=C(O)C1(Cc2ccc(F)cc2)CCc2ccc(OCCCOc3ccc(Oc4ccc(F)cc4)cc3Cl)cc2O1. The number of ether oxygens (including phenoxy) is 4. The normalized spacial score (nSPS) is 15.9. The van der Waals surface area contributed by atoms with Crippen LogP contribution in [-0.4, -0.2) is 29.9 Å². The topological polar surface area (TPSA) is 74.2 Å². The van der Waals surface area contributed by atoms with Crippen molar-refractivity contribution >= 4 is 17.6 Å². The summed E-state index contributed by atoms with van der Waals surface area (Å²) in [7, 11) is 0. The van der Waals surface area contributed by atoms with Crippen molar-refractivity contribution in [2.75, 3.05) is 13.2 Å². The Morgan fingerprint density at radius 1 is 0.854 bits per heavy atom. The molecule has 0 radical (unpaired) electrons. The first-order chi connectivity index (χ1) is 19.8. The molecule has 0 aromatic heterocycles. The third-order valence-corrected chi connectivity index (χ3v) is 7.00. The van der Waals surface area contributed by atoms with E-state index in [1.54, 1.807) is 36.4 Å². The highest BCUT2D eigenvalue weighted by Gasteiger charge is 2.44. The molecular weight excluding hydrogens is 554 g/mol. The number of rotatable bonds is 11. The Morgan fingerprint density at radius 2 is 1.51 bits per heavy atom. The molecule has 5 rings (SSSR count). The number of halogens is 3. The number of carboxylic acids is 1. The molecule has 6 nitrogen and oxygen atoms in total. The second kappa shape index (κ2) is 12.5. The van der Waals surface area contributed by atoms with Gasteiger partial charge in [0.15, 0.2) is 0 Å². The lowest BCUT2D eigenvalue weighted by atomic mass is 9.85. The van der Waals surface area contributed by atoms with E-state index in [0.717, 1.165) is 5.56 Å². The van der Waals surface area contributed by atoms with E-state index in [-0.39, 0.29) is 18.1 Å². The molecule has 0 spiro atoms. The predicted octanol–water partition coefficient (Wildman–Crippen LogP) is 7.65. The molecule has 0 saturated heterocycles. The average Bonchev–Trinajstić information content (AvgIpc) is 2.96. The van der Waals surface area contributed by atoms with E-state index in [9.17, 15) is 18.7 Å². The van der Waals surface area contributed by atoms with Gasteiger partial charge in [0.2, 0.25) is 5.60 Å². The van der Waals surface area contributed by atoms with Crippen molar-refractivity contribution in [1.82, 2.24) is 0 Å². The summed E-state index contributed by atoms with van der Waals surface area (Å²) in [6, 6.07) is 21.9. The van der Waals surface area contributed by atoms with E-state index in [0.29, 0.717) is 71.8 Å². The van der Waals surface area contributed by atoms with Crippen LogP contribution in [0.1, 0.15) is 24.0 Å². The molecule has 0 fully saturated rings. The Bertz CT molecular complexity index is 1510. The highest BCUT2D eigenvalue weighted by molar-refractivity contribution is 6.32. The van der Waals surface area contributed by atoms with Gasteiger partial charge in [-0.05, 0) is 72.1 Å². The smallest absolute Gasteiger partial charge is 0.348 e. The van der Waals surface area contributed by atoms with Gasteiger partial charge in [0, 0.05) is 31.4 Å². The lowest BCUT2D eigenvalue weighted by Gasteiger charge is -2.35. The molecule has 1 unspecified atom stereocenters. The summed E-state index contributed by atoms with van der Waals surface area (Å²) in [4.78, 5) is 12.3. The highest BCUT2D eigenvalue weighted by atomic mass is 35.5. The molecular formula is C32H27ClF2O6. The lowest BCUT2D eigenvalue weighted by molar-refractivity contribution is -0.156. The Labute approximate surface area is 241 Å². The quantitative estimate of drug-likeness (QED) is 0.184. The molecule has 212 valence electrons. The highest BCUT2D eigenvalue weighted by Crippen LogP contribution is 2.38. The fourth-order valence-corrected chi connectivity index (χ4v) is 4.76. The van der Waals surface area contributed by atoms with Crippen LogP contribution < -0.4 is 18.9 Å². The Morgan fingerprint density at radius 3 is 2.22 bits per heavy atom. The van der Waals surface area contributed by atoms with E-state index in [4.69, 9.17) is 30.5 Å². The van der Waals surface area contributed by atoms with Gasteiger partial charge < -0.3 is 24.1 Å². The van der Waals surface area contributed by atoms with E-state index >= 15 is 0 Å².